The third-order valence-corrected chi connectivity index (χ3v) is 4.19. The van der Waals surface area contributed by atoms with Crippen LogP contribution in [0.15, 0.2) is 55.4 Å². The lowest BCUT2D eigenvalue weighted by atomic mass is 10.2. The summed E-state index contributed by atoms with van der Waals surface area (Å²) in [5.41, 5.74) is 0.604. The summed E-state index contributed by atoms with van der Waals surface area (Å²) < 4.78 is 1.54. The van der Waals surface area contributed by atoms with Crippen molar-refractivity contribution in [1.29, 1.82) is 0 Å². The maximum Gasteiger partial charge on any atom is 0.254 e. The van der Waals surface area contributed by atoms with Crippen molar-refractivity contribution in [2.75, 3.05) is 31.1 Å². The Morgan fingerprint density at radius 2 is 1.80 bits per heavy atom. The molecule has 3 aromatic heterocycles. The molecule has 3 aromatic rings. The summed E-state index contributed by atoms with van der Waals surface area (Å²) in [6, 6.07) is 9.34. The highest BCUT2D eigenvalue weighted by molar-refractivity contribution is 5.94. The molecule has 4 heterocycles. The summed E-state index contributed by atoms with van der Waals surface area (Å²) in [5, 5.41) is 4.05. The van der Waals surface area contributed by atoms with Crippen LogP contribution in [-0.4, -0.2) is 61.7 Å². The molecule has 126 valence electrons. The van der Waals surface area contributed by atoms with Gasteiger partial charge in [0.15, 0.2) is 5.82 Å². The fraction of sp³-hybridized carbons (Fsp3) is 0.235. The van der Waals surface area contributed by atoms with Crippen LogP contribution < -0.4 is 4.90 Å². The van der Waals surface area contributed by atoms with Gasteiger partial charge in [-0.05, 0) is 24.3 Å². The average molecular weight is 335 g/mol. The molecule has 1 aliphatic rings. The third kappa shape index (κ3) is 3.18. The van der Waals surface area contributed by atoms with Gasteiger partial charge >= 0.3 is 0 Å². The minimum Gasteiger partial charge on any atom is -0.353 e. The molecule has 0 N–H and O–H groups in total. The van der Waals surface area contributed by atoms with Gasteiger partial charge < -0.3 is 9.80 Å². The summed E-state index contributed by atoms with van der Waals surface area (Å²) in [6.45, 7) is 2.86. The monoisotopic (exact) mass is 335 g/mol. The fourth-order valence-electron chi connectivity index (χ4n) is 2.87. The van der Waals surface area contributed by atoms with Crippen LogP contribution in [0.1, 0.15) is 10.4 Å². The van der Waals surface area contributed by atoms with Crippen molar-refractivity contribution in [2.45, 2.75) is 0 Å². The number of hydrogen-bond donors (Lipinski definition) is 0. The highest BCUT2D eigenvalue weighted by atomic mass is 16.2. The normalized spacial score (nSPS) is 14.6. The van der Waals surface area contributed by atoms with E-state index in [-0.39, 0.29) is 5.91 Å². The Balaban J connectivity index is 1.45. The summed E-state index contributed by atoms with van der Waals surface area (Å²) >= 11 is 0. The molecule has 0 aromatic carbocycles. The average Bonchev–Trinajstić information content (AvgIpc) is 3.23. The van der Waals surface area contributed by atoms with E-state index in [4.69, 9.17) is 0 Å². The van der Waals surface area contributed by atoms with Crippen molar-refractivity contribution in [3.05, 3.63) is 60.9 Å². The van der Waals surface area contributed by atoms with Crippen molar-refractivity contribution in [2.24, 2.45) is 0 Å². The molecule has 0 unspecified atom stereocenters. The number of pyridine rings is 2. The minimum atomic E-state index is 0.00411. The molecular formula is C17H17N7O. The largest absolute Gasteiger partial charge is 0.353 e. The van der Waals surface area contributed by atoms with Gasteiger partial charge in [-0.15, -0.1) is 0 Å². The molecule has 4 rings (SSSR count). The molecule has 0 spiro atoms. The predicted octanol–water partition coefficient (Wildman–Crippen LogP) is 1.02. The van der Waals surface area contributed by atoms with E-state index >= 15 is 0 Å². The second-order valence-corrected chi connectivity index (χ2v) is 5.71. The Morgan fingerprint density at radius 3 is 2.52 bits per heavy atom. The molecule has 1 amide bonds. The maximum atomic E-state index is 12.8. The van der Waals surface area contributed by atoms with Crippen LogP contribution in [0.2, 0.25) is 0 Å². The Kier molecular flexibility index (Phi) is 4.07. The number of rotatable bonds is 3. The number of amides is 1. The number of piperazine rings is 1. The third-order valence-electron chi connectivity index (χ3n) is 4.19. The minimum absolute atomic E-state index is 0.00411. The first-order valence-electron chi connectivity index (χ1n) is 8.07. The first kappa shape index (κ1) is 15.3. The number of carbonyl (C=O) groups is 1. The lowest BCUT2D eigenvalue weighted by Crippen LogP contribution is -2.49. The molecule has 1 saturated heterocycles. The van der Waals surface area contributed by atoms with Crippen LogP contribution in [0.4, 0.5) is 5.82 Å². The van der Waals surface area contributed by atoms with Crippen LogP contribution >= 0.6 is 0 Å². The van der Waals surface area contributed by atoms with E-state index in [0.29, 0.717) is 24.5 Å². The topological polar surface area (TPSA) is 80.0 Å². The van der Waals surface area contributed by atoms with Gasteiger partial charge in [-0.25, -0.2) is 19.6 Å². The van der Waals surface area contributed by atoms with Gasteiger partial charge in [0, 0.05) is 44.1 Å². The lowest BCUT2D eigenvalue weighted by molar-refractivity contribution is 0.0746. The Bertz CT molecular complexity index is 842. The summed E-state index contributed by atoms with van der Waals surface area (Å²) in [7, 11) is 0. The zero-order chi connectivity index (χ0) is 17.1. The van der Waals surface area contributed by atoms with Crippen LogP contribution in [0.5, 0.6) is 0 Å². The second kappa shape index (κ2) is 6.68. The van der Waals surface area contributed by atoms with Gasteiger partial charge in [0.1, 0.15) is 18.5 Å². The number of aromatic nitrogens is 5. The van der Waals surface area contributed by atoms with E-state index in [2.05, 4.69) is 25.0 Å². The first-order chi connectivity index (χ1) is 12.3. The van der Waals surface area contributed by atoms with E-state index in [0.717, 1.165) is 18.9 Å². The molecule has 8 nitrogen and oxygen atoms in total. The smallest absolute Gasteiger partial charge is 0.254 e. The highest BCUT2D eigenvalue weighted by Crippen LogP contribution is 2.15. The molecule has 0 saturated carbocycles. The molecule has 25 heavy (non-hydrogen) atoms. The first-order valence-corrected chi connectivity index (χ1v) is 8.07. The molecule has 0 bridgehead atoms. The van der Waals surface area contributed by atoms with Crippen LogP contribution in [0.25, 0.3) is 5.82 Å². The fourth-order valence-corrected chi connectivity index (χ4v) is 2.87. The zero-order valence-electron chi connectivity index (χ0n) is 13.6. The zero-order valence-corrected chi connectivity index (χ0v) is 13.6. The van der Waals surface area contributed by atoms with Crippen molar-refractivity contribution >= 4 is 11.7 Å². The Hall–Kier alpha value is -3.29. The second-order valence-electron chi connectivity index (χ2n) is 5.71. The van der Waals surface area contributed by atoms with Gasteiger partial charge in [-0.3, -0.25) is 4.79 Å². The summed E-state index contributed by atoms with van der Waals surface area (Å²) in [6.07, 6.45) is 6.40. The lowest BCUT2D eigenvalue weighted by Gasteiger charge is -2.35. The van der Waals surface area contributed by atoms with Gasteiger partial charge in [0.2, 0.25) is 0 Å². The van der Waals surface area contributed by atoms with E-state index < -0.39 is 0 Å². The van der Waals surface area contributed by atoms with Crippen LogP contribution in [0, 0.1) is 0 Å². The Morgan fingerprint density at radius 1 is 0.960 bits per heavy atom. The molecule has 0 radical (unpaired) electrons. The van der Waals surface area contributed by atoms with Crippen molar-refractivity contribution < 1.29 is 4.79 Å². The van der Waals surface area contributed by atoms with Crippen LogP contribution in [0.3, 0.4) is 0 Å². The summed E-state index contributed by atoms with van der Waals surface area (Å²) in [5.74, 6) is 1.53. The standard InChI is InChI=1S/C17H17N7O/c25-17(14-4-6-20-16(11-14)24-13-18-12-21-24)23-9-7-22(8-10-23)15-3-1-2-5-19-15/h1-6,11-13H,7-10H2. The molecule has 0 atom stereocenters. The molecule has 1 aliphatic heterocycles. The van der Waals surface area contributed by atoms with E-state index in [1.165, 1.54) is 11.0 Å². The molecule has 1 fully saturated rings. The SMILES string of the molecule is O=C(c1ccnc(-n2cncn2)c1)N1CCN(c2ccccn2)CC1. The van der Waals surface area contributed by atoms with Gasteiger partial charge in [-0.2, -0.15) is 5.10 Å². The summed E-state index contributed by atoms with van der Waals surface area (Å²) in [4.78, 5) is 29.3. The van der Waals surface area contributed by atoms with Crippen molar-refractivity contribution in [1.82, 2.24) is 29.6 Å². The van der Waals surface area contributed by atoms with Crippen LogP contribution in [-0.2, 0) is 0 Å². The number of carbonyl (C=O) groups excluding carboxylic acids is 1. The van der Waals surface area contributed by atoms with E-state index in [1.54, 1.807) is 30.9 Å². The van der Waals surface area contributed by atoms with E-state index in [1.807, 2.05) is 23.1 Å². The van der Waals surface area contributed by atoms with Gasteiger partial charge in [0.25, 0.3) is 5.91 Å². The number of nitrogens with zero attached hydrogens (tertiary/aromatic N) is 7. The molecule has 8 heteroatoms. The maximum absolute atomic E-state index is 12.8. The molecule has 0 aliphatic carbocycles. The Labute approximate surface area is 144 Å². The van der Waals surface area contributed by atoms with Crippen molar-refractivity contribution in [3.8, 4) is 5.82 Å². The van der Waals surface area contributed by atoms with Crippen molar-refractivity contribution in [3.63, 3.8) is 0 Å². The highest BCUT2D eigenvalue weighted by Gasteiger charge is 2.23. The quantitative estimate of drug-likeness (QED) is 0.711. The number of hydrogen-bond acceptors (Lipinski definition) is 6. The molecular weight excluding hydrogens is 318 g/mol. The van der Waals surface area contributed by atoms with Gasteiger partial charge in [0.05, 0.1) is 0 Å². The van der Waals surface area contributed by atoms with Gasteiger partial charge in [-0.1, -0.05) is 6.07 Å². The predicted molar refractivity (Wildman–Crippen MR) is 91.5 cm³/mol. The van der Waals surface area contributed by atoms with E-state index in [9.17, 15) is 4.79 Å². The number of anilines is 1.